The number of rotatable bonds is 5. The highest BCUT2D eigenvalue weighted by molar-refractivity contribution is 5.23. The van der Waals surface area contributed by atoms with E-state index >= 15 is 0 Å². The quantitative estimate of drug-likeness (QED) is 0.821. The molecule has 2 fully saturated rings. The maximum absolute atomic E-state index is 9.95. The maximum atomic E-state index is 9.95. The van der Waals surface area contributed by atoms with Crippen LogP contribution >= 0.6 is 0 Å². The molecule has 2 saturated carbocycles. The van der Waals surface area contributed by atoms with Crippen LogP contribution in [0.1, 0.15) is 43.0 Å². The van der Waals surface area contributed by atoms with Crippen molar-refractivity contribution < 1.29 is 5.11 Å². The lowest BCUT2D eigenvalue weighted by atomic mass is 10.1. The zero-order valence-electron chi connectivity index (χ0n) is 9.71. The van der Waals surface area contributed by atoms with Gasteiger partial charge >= 0.3 is 0 Å². The fraction of sp³-hybridized carbons (Fsp3) is 0.750. The summed E-state index contributed by atoms with van der Waals surface area (Å²) < 4.78 is 1.83. The molecule has 0 spiro atoms. The summed E-state index contributed by atoms with van der Waals surface area (Å²) in [6.45, 7) is 0.537. The van der Waals surface area contributed by atoms with Crippen molar-refractivity contribution in [2.75, 3.05) is 0 Å². The molecule has 90 valence electrons. The normalized spacial score (nSPS) is 21.2. The Kier molecular flexibility index (Phi) is 2.60. The third-order valence-corrected chi connectivity index (χ3v) is 3.58. The molecule has 0 bridgehead atoms. The van der Waals surface area contributed by atoms with Gasteiger partial charge in [-0.05, 0) is 31.6 Å². The number of aliphatic hydroxyl groups is 1. The van der Waals surface area contributed by atoms with Crippen molar-refractivity contribution in [1.29, 1.82) is 5.26 Å². The molecule has 0 aromatic carbocycles. The first-order valence-corrected chi connectivity index (χ1v) is 6.27. The highest BCUT2D eigenvalue weighted by Crippen LogP contribution is 2.41. The second kappa shape index (κ2) is 4.11. The fourth-order valence-corrected chi connectivity index (χ4v) is 2.30. The second-order valence-electron chi connectivity index (χ2n) is 5.12. The van der Waals surface area contributed by atoms with Crippen LogP contribution in [-0.4, -0.2) is 26.2 Å². The molecule has 1 unspecified atom stereocenters. The lowest BCUT2D eigenvalue weighted by molar-refractivity contribution is 0.125. The van der Waals surface area contributed by atoms with E-state index in [1.54, 1.807) is 0 Å². The highest BCUT2D eigenvalue weighted by Gasteiger charge is 2.34. The van der Waals surface area contributed by atoms with Crippen molar-refractivity contribution >= 4 is 0 Å². The maximum Gasteiger partial charge on any atom is 0.100 e. The molecule has 5 nitrogen and oxygen atoms in total. The van der Waals surface area contributed by atoms with Crippen molar-refractivity contribution in [2.24, 2.45) is 5.92 Å². The van der Waals surface area contributed by atoms with E-state index in [-0.39, 0.29) is 6.10 Å². The van der Waals surface area contributed by atoms with Gasteiger partial charge in [-0.1, -0.05) is 5.21 Å². The van der Waals surface area contributed by atoms with Gasteiger partial charge in [-0.15, -0.1) is 5.10 Å². The van der Waals surface area contributed by atoms with E-state index in [0.29, 0.717) is 24.8 Å². The van der Waals surface area contributed by atoms with Gasteiger partial charge in [0.15, 0.2) is 0 Å². The molecule has 1 aromatic rings. The van der Waals surface area contributed by atoms with E-state index in [9.17, 15) is 5.11 Å². The van der Waals surface area contributed by atoms with E-state index in [2.05, 4.69) is 16.4 Å². The van der Waals surface area contributed by atoms with Crippen molar-refractivity contribution in [3.63, 3.8) is 0 Å². The van der Waals surface area contributed by atoms with Gasteiger partial charge in [0.25, 0.3) is 0 Å². The summed E-state index contributed by atoms with van der Waals surface area (Å²) in [5.74, 6) is 0.963. The summed E-state index contributed by atoms with van der Waals surface area (Å²) >= 11 is 0. The average Bonchev–Trinajstić information content (AvgIpc) is 3.20. The Balaban J connectivity index is 1.80. The molecule has 0 radical (unpaired) electrons. The largest absolute Gasteiger partial charge is 0.391 e. The number of hydrogen-bond donors (Lipinski definition) is 1. The van der Waals surface area contributed by atoms with Crippen LogP contribution in [0, 0.1) is 17.2 Å². The molecule has 5 heteroatoms. The van der Waals surface area contributed by atoms with Gasteiger partial charge in [-0.3, -0.25) is 0 Å². The van der Waals surface area contributed by atoms with Gasteiger partial charge in [0, 0.05) is 5.92 Å². The molecule has 1 aromatic heterocycles. The predicted molar refractivity (Wildman–Crippen MR) is 60.0 cm³/mol. The highest BCUT2D eigenvalue weighted by atomic mass is 16.3. The molecule has 1 heterocycles. The number of nitriles is 1. The zero-order valence-corrected chi connectivity index (χ0v) is 9.71. The monoisotopic (exact) mass is 232 g/mol. The Morgan fingerprint density at radius 1 is 1.41 bits per heavy atom. The SMILES string of the molecule is N#CCc1nnn(CC(O)C2CC2)c1C1CC1. The van der Waals surface area contributed by atoms with Crippen LogP contribution in [0.15, 0.2) is 0 Å². The Morgan fingerprint density at radius 2 is 2.18 bits per heavy atom. The van der Waals surface area contributed by atoms with Crippen LogP contribution in [0.2, 0.25) is 0 Å². The topological polar surface area (TPSA) is 74.7 Å². The summed E-state index contributed by atoms with van der Waals surface area (Å²) in [6, 6.07) is 2.13. The van der Waals surface area contributed by atoms with Crippen molar-refractivity contribution in [3.8, 4) is 6.07 Å². The van der Waals surface area contributed by atoms with E-state index in [1.165, 1.54) is 0 Å². The summed E-state index contributed by atoms with van der Waals surface area (Å²) in [4.78, 5) is 0. The van der Waals surface area contributed by atoms with E-state index < -0.39 is 0 Å². The minimum absolute atomic E-state index is 0.302. The number of nitrogens with zero attached hydrogens (tertiary/aromatic N) is 4. The first kappa shape index (κ1) is 10.7. The van der Waals surface area contributed by atoms with Gasteiger partial charge in [0.2, 0.25) is 0 Å². The molecular weight excluding hydrogens is 216 g/mol. The molecule has 2 aliphatic carbocycles. The lowest BCUT2D eigenvalue weighted by Crippen LogP contribution is -2.20. The van der Waals surface area contributed by atoms with E-state index in [1.807, 2.05) is 4.68 Å². The molecule has 1 atom stereocenters. The van der Waals surface area contributed by atoms with Crippen molar-refractivity contribution in [2.45, 2.75) is 50.7 Å². The van der Waals surface area contributed by atoms with Gasteiger partial charge in [0.1, 0.15) is 5.69 Å². The minimum Gasteiger partial charge on any atom is -0.391 e. The number of hydrogen-bond acceptors (Lipinski definition) is 4. The summed E-state index contributed by atoms with van der Waals surface area (Å²) in [6.07, 6.45) is 4.59. The van der Waals surface area contributed by atoms with Crippen LogP contribution < -0.4 is 0 Å². The smallest absolute Gasteiger partial charge is 0.100 e. The predicted octanol–water partition coefficient (Wildman–Crippen LogP) is 0.992. The fourth-order valence-electron chi connectivity index (χ4n) is 2.30. The van der Waals surface area contributed by atoms with E-state index in [4.69, 9.17) is 5.26 Å². The standard InChI is InChI=1S/C12H16N4O/c13-6-5-10-12(9-3-4-9)16(15-14-10)7-11(17)8-1-2-8/h8-9,11,17H,1-5,7H2. The van der Waals surface area contributed by atoms with Gasteiger partial charge in [-0.25, -0.2) is 4.68 Å². The molecule has 0 saturated heterocycles. The number of aliphatic hydroxyl groups excluding tert-OH is 1. The summed E-state index contributed by atoms with van der Waals surface area (Å²) in [7, 11) is 0. The van der Waals surface area contributed by atoms with Crippen LogP contribution in [0.4, 0.5) is 0 Å². The number of aromatic nitrogens is 3. The van der Waals surface area contributed by atoms with Gasteiger partial charge in [-0.2, -0.15) is 5.26 Å². The first-order valence-electron chi connectivity index (χ1n) is 6.27. The molecule has 0 amide bonds. The summed E-state index contributed by atoms with van der Waals surface area (Å²) in [5.41, 5.74) is 1.89. The molecular formula is C12H16N4O. The molecule has 0 aliphatic heterocycles. The molecule has 17 heavy (non-hydrogen) atoms. The van der Waals surface area contributed by atoms with Gasteiger partial charge < -0.3 is 5.11 Å². The average molecular weight is 232 g/mol. The van der Waals surface area contributed by atoms with E-state index in [0.717, 1.165) is 37.1 Å². The molecule has 3 rings (SSSR count). The van der Waals surface area contributed by atoms with Crippen LogP contribution in [0.5, 0.6) is 0 Å². The van der Waals surface area contributed by atoms with Gasteiger partial charge in [0.05, 0.1) is 30.8 Å². The Bertz CT molecular complexity index is 454. The Hall–Kier alpha value is -1.41. The van der Waals surface area contributed by atoms with Crippen LogP contribution in [-0.2, 0) is 13.0 Å². The third-order valence-electron chi connectivity index (χ3n) is 3.58. The Morgan fingerprint density at radius 3 is 2.76 bits per heavy atom. The Labute approximate surface area is 100 Å². The molecule has 1 N–H and O–H groups in total. The lowest BCUT2D eigenvalue weighted by Gasteiger charge is -2.11. The van der Waals surface area contributed by atoms with Crippen LogP contribution in [0.25, 0.3) is 0 Å². The molecule has 2 aliphatic rings. The van der Waals surface area contributed by atoms with Crippen molar-refractivity contribution in [3.05, 3.63) is 11.4 Å². The van der Waals surface area contributed by atoms with Crippen LogP contribution in [0.3, 0.4) is 0 Å². The third kappa shape index (κ3) is 2.18. The zero-order chi connectivity index (χ0) is 11.8. The second-order valence-corrected chi connectivity index (χ2v) is 5.12. The first-order chi connectivity index (χ1) is 8.29. The summed E-state index contributed by atoms with van der Waals surface area (Å²) in [5, 5.41) is 26.9. The minimum atomic E-state index is -0.302. The van der Waals surface area contributed by atoms with Crippen molar-refractivity contribution in [1.82, 2.24) is 15.0 Å².